The molecule has 2 aromatic rings. The lowest BCUT2D eigenvalue weighted by atomic mass is 10.0. The van der Waals surface area contributed by atoms with E-state index in [0.29, 0.717) is 24.1 Å². The predicted octanol–water partition coefficient (Wildman–Crippen LogP) is 3.04. The number of nitrogens with zero attached hydrogens (tertiary/aromatic N) is 2. The average molecular weight is 408 g/mol. The molecule has 3 amide bonds. The molecule has 30 heavy (non-hydrogen) atoms. The molecule has 0 saturated carbocycles. The van der Waals surface area contributed by atoms with Gasteiger partial charge in [-0.25, -0.2) is 0 Å². The van der Waals surface area contributed by atoms with E-state index in [2.05, 4.69) is 41.4 Å². The number of amides is 3. The highest BCUT2D eigenvalue weighted by Crippen LogP contribution is 2.23. The van der Waals surface area contributed by atoms with Crippen LogP contribution >= 0.6 is 0 Å². The SMILES string of the molecule is CCc1ccc(C(CNC(=O)CCCN2C(=O)c3ccccc3C2=O)N(C)C)cc1. The van der Waals surface area contributed by atoms with Crippen LogP contribution in [0, 0.1) is 0 Å². The molecule has 1 heterocycles. The van der Waals surface area contributed by atoms with Gasteiger partial charge in [0.15, 0.2) is 0 Å². The molecule has 6 nitrogen and oxygen atoms in total. The average Bonchev–Trinajstić information content (AvgIpc) is 2.99. The number of hydrogen-bond donors (Lipinski definition) is 1. The van der Waals surface area contributed by atoms with E-state index in [1.165, 1.54) is 10.5 Å². The lowest BCUT2D eigenvalue weighted by Gasteiger charge is -2.25. The number of fused-ring (bicyclic) bond motifs is 1. The summed E-state index contributed by atoms with van der Waals surface area (Å²) < 4.78 is 0. The highest BCUT2D eigenvalue weighted by Gasteiger charge is 2.34. The molecule has 0 aromatic heterocycles. The lowest BCUT2D eigenvalue weighted by Crippen LogP contribution is -2.35. The van der Waals surface area contributed by atoms with Crippen molar-refractivity contribution in [1.82, 2.24) is 15.1 Å². The number of likely N-dealkylation sites (N-methyl/N-ethyl adjacent to an activating group) is 1. The second kappa shape index (κ2) is 9.67. The van der Waals surface area contributed by atoms with Gasteiger partial charge >= 0.3 is 0 Å². The quantitative estimate of drug-likeness (QED) is 0.649. The number of carbonyl (C=O) groups is 3. The van der Waals surface area contributed by atoms with Gasteiger partial charge in [-0.15, -0.1) is 0 Å². The zero-order chi connectivity index (χ0) is 21.7. The minimum Gasteiger partial charge on any atom is -0.354 e. The number of aryl methyl sites for hydroxylation is 1. The zero-order valence-electron chi connectivity index (χ0n) is 17.9. The summed E-state index contributed by atoms with van der Waals surface area (Å²) >= 11 is 0. The van der Waals surface area contributed by atoms with Crippen molar-refractivity contribution in [3.8, 4) is 0 Å². The van der Waals surface area contributed by atoms with Crippen LogP contribution in [0.3, 0.4) is 0 Å². The van der Waals surface area contributed by atoms with Crippen molar-refractivity contribution < 1.29 is 14.4 Å². The topological polar surface area (TPSA) is 69.7 Å². The normalized spacial score (nSPS) is 14.2. The van der Waals surface area contributed by atoms with Crippen molar-refractivity contribution in [3.63, 3.8) is 0 Å². The van der Waals surface area contributed by atoms with E-state index >= 15 is 0 Å². The van der Waals surface area contributed by atoms with Gasteiger partial charge in [-0.2, -0.15) is 0 Å². The van der Waals surface area contributed by atoms with Gasteiger partial charge in [-0.1, -0.05) is 43.3 Å². The summed E-state index contributed by atoms with van der Waals surface area (Å²) in [6, 6.07) is 15.4. The molecule has 3 rings (SSSR count). The molecule has 0 radical (unpaired) electrons. The minimum absolute atomic E-state index is 0.0797. The van der Waals surface area contributed by atoms with Crippen LogP contribution in [0.2, 0.25) is 0 Å². The van der Waals surface area contributed by atoms with Gasteiger partial charge in [0.1, 0.15) is 0 Å². The summed E-state index contributed by atoms with van der Waals surface area (Å²) in [4.78, 5) is 40.4. The van der Waals surface area contributed by atoms with Gasteiger partial charge in [0.2, 0.25) is 5.91 Å². The molecule has 1 aliphatic rings. The van der Waals surface area contributed by atoms with E-state index in [9.17, 15) is 14.4 Å². The van der Waals surface area contributed by atoms with E-state index in [4.69, 9.17) is 0 Å². The van der Waals surface area contributed by atoms with Gasteiger partial charge in [0.25, 0.3) is 11.8 Å². The van der Waals surface area contributed by atoms with Crippen molar-refractivity contribution in [2.45, 2.75) is 32.2 Å². The molecule has 6 heteroatoms. The fourth-order valence-corrected chi connectivity index (χ4v) is 3.71. The van der Waals surface area contributed by atoms with E-state index < -0.39 is 0 Å². The third-order valence-electron chi connectivity index (χ3n) is 5.55. The molecule has 0 fully saturated rings. The maximum Gasteiger partial charge on any atom is 0.261 e. The predicted molar refractivity (Wildman–Crippen MR) is 116 cm³/mol. The van der Waals surface area contributed by atoms with Crippen LogP contribution in [0.4, 0.5) is 0 Å². The second-order valence-corrected chi connectivity index (χ2v) is 7.79. The van der Waals surface area contributed by atoms with Crippen LogP contribution in [0.15, 0.2) is 48.5 Å². The van der Waals surface area contributed by atoms with E-state index in [1.54, 1.807) is 24.3 Å². The first-order valence-electron chi connectivity index (χ1n) is 10.4. The molecule has 1 N–H and O–H groups in total. The Morgan fingerprint density at radius 3 is 2.13 bits per heavy atom. The third kappa shape index (κ3) is 4.76. The molecule has 1 atom stereocenters. The first-order chi connectivity index (χ1) is 14.4. The number of nitrogens with one attached hydrogen (secondary N) is 1. The molecule has 1 unspecified atom stereocenters. The van der Waals surface area contributed by atoms with E-state index in [-0.39, 0.29) is 36.7 Å². The van der Waals surface area contributed by atoms with Crippen molar-refractivity contribution >= 4 is 17.7 Å². The van der Waals surface area contributed by atoms with Crippen LogP contribution in [0.25, 0.3) is 0 Å². The van der Waals surface area contributed by atoms with Crippen LogP contribution < -0.4 is 5.32 Å². The molecule has 1 aliphatic heterocycles. The monoisotopic (exact) mass is 407 g/mol. The summed E-state index contributed by atoms with van der Waals surface area (Å²) in [6.45, 7) is 2.88. The van der Waals surface area contributed by atoms with Gasteiger partial charge in [-0.3, -0.25) is 19.3 Å². The Balaban J connectivity index is 1.48. The molecule has 2 aromatic carbocycles. The van der Waals surface area contributed by atoms with Crippen molar-refractivity contribution in [2.24, 2.45) is 0 Å². The maximum absolute atomic E-state index is 12.4. The number of benzene rings is 2. The Bertz CT molecular complexity index is 887. The largest absolute Gasteiger partial charge is 0.354 e. The Hall–Kier alpha value is -2.99. The molecular weight excluding hydrogens is 378 g/mol. The smallest absolute Gasteiger partial charge is 0.261 e. The summed E-state index contributed by atoms with van der Waals surface area (Å²) in [6.07, 6.45) is 1.70. The van der Waals surface area contributed by atoms with Crippen LogP contribution in [-0.4, -0.2) is 54.7 Å². The van der Waals surface area contributed by atoms with Crippen LogP contribution in [0.5, 0.6) is 0 Å². The Labute approximate surface area is 177 Å². The Morgan fingerprint density at radius 1 is 1.00 bits per heavy atom. The fourth-order valence-electron chi connectivity index (χ4n) is 3.71. The van der Waals surface area contributed by atoms with Gasteiger partial charge < -0.3 is 10.2 Å². The standard InChI is InChI=1S/C24H29N3O3/c1-4-17-11-13-18(14-12-17)21(26(2)3)16-25-22(28)10-7-15-27-23(29)19-8-5-6-9-20(19)24(27)30/h5-6,8-9,11-14,21H,4,7,10,15-16H2,1-3H3,(H,25,28). The van der Waals surface area contributed by atoms with Crippen molar-refractivity contribution in [2.75, 3.05) is 27.2 Å². The highest BCUT2D eigenvalue weighted by atomic mass is 16.2. The first kappa shape index (κ1) is 21.7. The molecule has 0 saturated heterocycles. The maximum atomic E-state index is 12.4. The number of rotatable bonds is 9. The first-order valence-corrected chi connectivity index (χ1v) is 10.4. The van der Waals surface area contributed by atoms with E-state index in [0.717, 1.165) is 12.0 Å². The fraction of sp³-hybridized carbons (Fsp3) is 0.375. The molecule has 0 spiro atoms. The minimum atomic E-state index is -0.279. The summed E-state index contributed by atoms with van der Waals surface area (Å²) in [5.41, 5.74) is 3.32. The summed E-state index contributed by atoms with van der Waals surface area (Å²) in [5, 5.41) is 2.99. The molecule has 0 aliphatic carbocycles. The Kier molecular flexibility index (Phi) is 7.00. The lowest BCUT2D eigenvalue weighted by molar-refractivity contribution is -0.121. The summed E-state index contributed by atoms with van der Waals surface area (Å²) in [7, 11) is 3.99. The van der Waals surface area contributed by atoms with E-state index in [1.807, 2.05) is 14.1 Å². The van der Waals surface area contributed by atoms with Gasteiger partial charge in [0, 0.05) is 19.5 Å². The molecule has 0 bridgehead atoms. The number of hydrogen-bond acceptors (Lipinski definition) is 4. The summed E-state index contributed by atoms with van der Waals surface area (Å²) in [5.74, 6) is -0.637. The van der Waals surface area contributed by atoms with Crippen LogP contribution in [0.1, 0.15) is 57.7 Å². The molecule has 158 valence electrons. The number of imide groups is 1. The Morgan fingerprint density at radius 2 is 1.60 bits per heavy atom. The van der Waals surface area contributed by atoms with Gasteiger partial charge in [0.05, 0.1) is 17.2 Å². The van der Waals surface area contributed by atoms with Gasteiger partial charge in [-0.05, 0) is 50.2 Å². The second-order valence-electron chi connectivity index (χ2n) is 7.79. The number of carbonyl (C=O) groups excluding carboxylic acids is 3. The third-order valence-corrected chi connectivity index (χ3v) is 5.55. The highest BCUT2D eigenvalue weighted by molar-refractivity contribution is 6.21. The van der Waals surface area contributed by atoms with Crippen LogP contribution in [-0.2, 0) is 11.2 Å². The van der Waals surface area contributed by atoms with Crippen molar-refractivity contribution in [1.29, 1.82) is 0 Å². The molecular formula is C24H29N3O3. The van der Waals surface area contributed by atoms with Crippen molar-refractivity contribution in [3.05, 3.63) is 70.8 Å². The zero-order valence-corrected chi connectivity index (χ0v) is 17.9.